The lowest BCUT2D eigenvalue weighted by atomic mass is 9.98. The molecule has 1 aliphatic rings. The molecule has 33 heavy (non-hydrogen) atoms. The zero-order valence-electron chi connectivity index (χ0n) is 17.7. The van der Waals surface area contributed by atoms with Gasteiger partial charge in [0.05, 0.1) is 24.1 Å². The lowest BCUT2D eigenvalue weighted by molar-refractivity contribution is 0.0969. The first-order chi connectivity index (χ1) is 16.1. The highest BCUT2D eigenvalue weighted by Crippen LogP contribution is 2.42. The Balaban J connectivity index is 1.75. The average molecular weight is 441 g/mol. The fourth-order valence-electron chi connectivity index (χ4n) is 3.98. The van der Waals surface area contributed by atoms with E-state index in [1.54, 1.807) is 54.6 Å². The van der Waals surface area contributed by atoms with Gasteiger partial charge in [0.25, 0.3) is 5.91 Å². The van der Waals surface area contributed by atoms with Gasteiger partial charge in [-0.2, -0.15) is 0 Å². The summed E-state index contributed by atoms with van der Waals surface area (Å²) < 4.78 is 17.1. The summed E-state index contributed by atoms with van der Waals surface area (Å²) in [6.45, 7) is 3.96. The molecule has 2 aromatic heterocycles. The molecule has 8 nitrogen and oxygen atoms in total. The Labute approximate surface area is 188 Å². The first-order valence-electron chi connectivity index (χ1n) is 10.2. The molecule has 2 aromatic carbocycles. The van der Waals surface area contributed by atoms with E-state index in [1.165, 1.54) is 24.4 Å². The number of hydrogen-bond acceptors (Lipinski definition) is 7. The van der Waals surface area contributed by atoms with E-state index in [2.05, 4.69) is 16.5 Å². The summed E-state index contributed by atoms with van der Waals surface area (Å²) in [4.78, 5) is 36.9. The number of rotatable bonds is 6. The molecule has 0 aliphatic carbocycles. The number of amides is 1. The minimum absolute atomic E-state index is 0.0258. The summed E-state index contributed by atoms with van der Waals surface area (Å²) in [5.41, 5.74) is 0.914. The molecule has 1 unspecified atom stereocenters. The topological polar surface area (TPSA) is 94.8 Å². The van der Waals surface area contributed by atoms with E-state index in [-0.39, 0.29) is 22.7 Å². The Hall–Kier alpha value is -4.46. The Kier molecular flexibility index (Phi) is 5.10. The van der Waals surface area contributed by atoms with E-state index in [4.69, 9.17) is 13.9 Å². The van der Waals surface area contributed by atoms with Crippen LogP contribution in [0.15, 0.2) is 82.8 Å². The Morgan fingerprint density at radius 1 is 1.09 bits per heavy atom. The smallest absolute Gasteiger partial charge is 0.297 e. The van der Waals surface area contributed by atoms with Crippen LogP contribution in [0.4, 0.5) is 5.95 Å². The van der Waals surface area contributed by atoms with Gasteiger partial charge >= 0.3 is 0 Å². The maximum absolute atomic E-state index is 13.5. The quantitative estimate of drug-likeness (QED) is 0.419. The van der Waals surface area contributed by atoms with Crippen molar-refractivity contribution in [2.45, 2.75) is 6.04 Å². The standard InChI is InChI=1S/C25H19N3O5/c1-3-13-32-18-10-9-15(14-19(18)31-2)21-20-22(29)16-7-4-5-8-17(16)33-23(20)24(30)28(21)25-26-11-6-12-27-25/h3-12,14,21H,1,13H2,2H3. The van der Waals surface area contributed by atoms with Gasteiger partial charge in [0.1, 0.15) is 12.2 Å². The van der Waals surface area contributed by atoms with Gasteiger partial charge in [-0.1, -0.05) is 30.9 Å². The number of hydrogen-bond donors (Lipinski definition) is 0. The van der Waals surface area contributed by atoms with Crippen molar-refractivity contribution in [1.82, 2.24) is 9.97 Å². The fourth-order valence-corrected chi connectivity index (χ4v) is 3.98. The van der Waals surface area contributed by atoms with E-state index in [0.717, 1.165) is 0 Å². The molecular weight excluding hydrogens is 422 g/mol. The second-order valence-corrected chi connectivity index (χ2v) is 7.31. The van der Waals surface area contributed by atoms with Crippen LogP contribution in [0.2, 0.25) is 0 Å². The predicted molar refractivity (Wildman–Crippen MR) is 122 cm³/mol. The van der Waals surface area contributed by atoms with E-state index < -0.39 is 11.9 Å². The van der Waals surface area contributed by atoms with Crippen molar-refractivity contribution >= 4 is 22.8 Å². The molecule has 0 saturated carbocycles. The molecular formula is C25H19N3O5. The van der Waals surface area contributed by atoms with Crippen LogP contribution in [-0.4, -0.2) is 29.6 Å². The molecule has 0 spiro atoms. The number of carbonyl (C=O) groups is 1. The number of aromatic nitrogens is 2. The Bertz CT molecular complexity index is 1430. The maximum atomic E-state index is 13.5. The highest BCUT2D eigenvalue weighted by molar-refractivity contribution is 6.09. The molecule has 3 heterocycles. The number of ether oxygens (including phenoxy) is 2. The van der Waals surface area contributed by atoms with Crippen LogP contribution in [0.25, 0.3) is 11.0 Å². The van der Waals surface area contributed by atoms with Gasteiger partial charge in [0, 0.05) is 12.4 Å². The number of methoxy groups -OCH3 is 1. The molecule has 1 aliphatic heterocycles. The van der Waals surface area contributed by atoms with Crippen molar-refractivity contribution in [3.8, 4) is 11.5 Å². The number of carbonyl (C=O) groups excluding carboxylic acids is 1. The Morgan fingerprint density at radius 3 is 2.64 bits per heavy atom. The van der Waals surface area contributed by atoms with Crippen LogP contribution in [0, 0.1) is 0 Å². The first-order valence-corrected chi connectivity index (χ1v) is 10.2. The highest BCUT2D eigenvalue weighted by Gasteiger charge is 2.45. The van der Waals surface area contributed by atoms with Crippen LogP contribution >= 0.6 is 0 Å². The average Bonchev–Trinajstić information content (AvgIpc) is 3.15. The summed E-state index contributed by atoms with van der Waals surface area (Å²) >= 11 is 0. The molecule has 0 radical (unpaired) electrons. The molecule has 0 fully saturated rings. The largest absolute Gasteiger partial charge is 0.493 e. The zero-order valence-corrected chi connectivity index (χ0v) is 17.7. The molecule has 1 amide bonds. The minimum Gasteiger partial charge on any atom is -0.493 e. The first kappa shape index (κ1) is 20.4. The van der Waals surface area contributed by atoms with E-state index in [9.17, 15) is 9.59 Å². The van der Waals surface area contributed by atoms with Gasteiger partial charge < -0.3 is 13.9 Å². The van der Waals surface area contributed by atoms with Gasteiger partial charge in [-0.3, -0.25) is 14.5 Å². The predicted octanol–water partition coefficient (Wildman–Crippen LogP) is 3.91. The second kappa shape index (κ2) is 8.23. The van der Waals surface area contributed by atoms with Crippen molar-refractivity contribution in [1.29, 1.82) is 0 Å². The van der Waals surface area contributed by atoms with Gasteiger partial charge in [0.2, 0.25) is 11.7 Å². The fraction of sp³-hybridized carbons (Fsp3) is 0.120. The van der Waals surface area contributed by atoms with E-state index >= 15 is 0 Å². The SMILES string of the molecule is C=CCOc1ccc(C2c3c(oc4ccccc4c3=O)C(=O)N2c2ncccn2)cc1OC. The van der Waals surface area contributed by atoms with Gasteiger partial charge in [-0.15, -0.1) is 0 Å². The molecule has 1 atom stereocenters. The molecule has 4 aromatic rings. The molecule has 0 saturated heterocycles. The van der Waals surface area contributed by atoms with Crippen LogP contribution in [0.3, 0.4) is 0 Å². The third kappa shape index (κ3) is 3.32. The maximum Gasteiger partial charge on any atom is 0.297 e. The Morgan fingerprint density at radius 2 is 1.88 bits per heavy atom. The van der Waals surface area contributed by atoms with Crippen LogP contribution < -0.4 is 19.8 Å². The normalized spacial score (nSPS) is 14.9. The van der Waals surface area contributed by atoms with E-state index in [1.807, 2.05) is 0 Å². The monoisotopic (exact) mass is 441 g/mol. The number of benzene rings is 2. The summed E-state index contributed by atoms with van der Waals surface area (Å²) in [6, 6.07) is 12.9. The highest BCUT2D eigenvalue weighted by atomic mass is 16.5. The third-order valence-electron chi connectivity index (χ3n) is 5.41. The van der Waals surface area contributed by atoms with Gasteiger partial charge in [0.15, 0.2) is 16.9 Å². The summed E-state index contributed by atoms with van der Waals surface area (Å²) in [5, 5.41) is 0.391. The lowest BCUT2D eigenvalue weighted by Gasteiger charge is -2.23. The van der Waals surface area contributed by atoms with Gasteiger partial charge in [-0.25, -0.2) is 9.97 Å². The summed E-state index contributed by atoms with van der Waals surface area (Å²) in [6.07, 6.45) is 4.70. The summed E-state index contributed by atoms with van der Waals surface area (Å²) in [7, 11) is 1.52. The minimum atomic E-state index is -0.807. The van der Waals surface area contributed by atoms with Gasteiger partial charge in [-0.05, 0) is 35.9 Å². The van der Waals surface area contributed by atoms with Crippen LogP contribution in [0.1, 0.15) is 27.7 Å². The lowest BCUT2D eigenvalue weighted by Crippen LogP contribution is -2.31. The van der Waals surface area contributed by atoms with Crippen molar-refractivity contribution in [3.05, 3.63) is 101 Å². The van der Waals surface area contributed by atoms with Crippen molar-refractivity contribution < 1.29 is 18.7 Å². The zero-order chi connectivity index (χ0) is 22.9. The number of anilines is 1. The van der Waals surface area contributed by atoms with Crippen molar-refractivity contribution in [2.24, 2.45) is 0 Å². The molecule has 8 heteroatoms. The number of fused-ring (bicyclic) bond motifs is 2. The molecule has 0 N–H and O–H groups in total. The molecule has 0 bridgehead atoms. The van der Waals surface area contributed by atoms with Crippen molar-refractivity contribution in [2.75, 3.05) is 18.6 Å². The molecule has 5 rings (SSSR count). The van der Waals surface area contributed by atoms with Crippen molar-refractivity contribution in [3.63, 3.8) is 0 Å². The second-order valence-electron chi connectivity index (χ2n) is 7.31. The third-order valence-corrected chi connectivity index (χ3v) is 5.41. The molecule has 164 valence electrons. The number of para-hydroxylation sites is 1. The van der Waals surface area contributed by atoms with Crippen LogP contribution in [0.5, 0.6) is 11.5 Å². The number of nitrogens with zero attached hydrogens (tertiary/aromatic N) is 3. The van der Waals surface area contributed by atoms with E-state index in [0.29, 0.717) is 34.6 Å². The van der Waals surface area contributed by atoms with Crippen LogP contribution in [-0.2, 0) is 0 Å². The summed E-state index contributed by atoms with van der Waals surface area (Å²) in [5.74, 6) is 0.610.